The number of ether oxygens (including phenoxy) is 1. The van der Waals surface area contributed by atoms with E-state index >= 15 is 0 Å². The van der Waals surface area contributed by atoms with Crippen molar-refractivity contribution in [3.05, 3.63) is 64.7 Å². The molecule has 2 aromatic rings. The Kier molecular flexibility index (Phi) is 5.55. The molecule has 0 N–H and O–H groups in total. The molecule has 0 bridgehead atoms. The highest BCUT2D eigenvalue weighted by Gasteiger charge is 2.08. The van der Waals surface area contributed by atoms with E-state index in [4.69, 9.17) is 4.74 Å². The third-order valence-corrected chi connectivity index (χ3v) is 3.36. The Morgan fingerprint density at radius 1 is 1.00 bits per heavy atom. The van der Waals surface area contributed by atoms with Gasteiger partial charge >= 0.3 is 0 Å². The molecule has 1 nitrogen and oxygen atoms in total. The lowest BCUT2D eigenvalue weighted by molar-refractivity contribution is 0.405. The number of halogens is 2. The van der Waals surface area contributed by atoms with Crippen LogP contribution < -0.4 is 4.74 Å². The van der Waals surface area contributed by atoms with Gasteiger partial charge in [0.25, 0.3) is 0 Å². The molecule has 2 aromatic carbocycles. The molecule has 0 aliphatic carbocycles. The normalized spacial score (nSPS) is 10.0. The molecule has 22 heavy (non-hydrogen) atoms. The van der Waals surface area contributed by atoms with Gasteiger partial charge < -0.3 is 4.74 Å². The van der Waals surface area contributed by atoms with E-state index in [0.29, 0.717) is 5.56 Å². The quantitative estimate of drug-likeness (QED) is 0.743. The first-order chi connectivity index (χ1) is 10.6. The minimum atomic E-state index is -0.942. The molecule has 0 atom stereocenters. The third kappa shape index (κ3) is 4.08. The van der Waals surface area contributed by atoms with Gasteiger partial charge in [0.1, 0.15) is 5.75 Å². The molecule has 114 valence electrons. The fraction of sp³-hybridized carbons (Fsp3) is 0.263. The molecule has 0 fully saturated rings. The van der Waals surface area contributed by atoms with Crippen molar-refractivity contribution in [1.82, 2.24) is 0 Å². The Hall–Kier alpha value is -2.34. The molecule has 0 amide bonds. The predicted octanol–water partition coefficient (Wildman–Crippen LogP) is 4.72. The van der Waals surface area contributed by atoms with Crippen molar-refractivity contribution >= 4 is 0 Å². The van der Waals surface area contributed by atoms with Gasteiger partial charge in [-0.3, -0.25) is 0 Å². The van der Waals surface area contributed by atoms with Crippen LogP contribution in [0.4, 0.5) is 8.78 Å². The minimum Gasteiger partial charge on any atom is -0.495 e. The predicted molar refractivity (Wildman–Crippen MR) is 83.9 cm³/mol. The van der Waals surface area contributed by atoms with Crippen molar-refractivity contribution in [2.45, 2.75) is 26.2 Å². The Morgan fingerprint density at radius 3 is 2.32 bits per heavy atom. The van der Waals surface area contributed by atoms with Gasteiger partial charge in [0.15, 0.2) is 11.6 Å². The lowest BCUT2D eigenvalue weighted by Gasteiger charge is -2.03. The van der Waals surface area contributed by atoms with Gasteiger partial charge in [-0.15, -0.1) is 0 Å². The molecular weight excluding hydrogens is 282 g/mol. The minimum absolute atomic E-state index is 0.228. The van der Waals surface area contributed by atoms with Crippen molar-refractivity contribution in [2.24, 2.45) is 0 Å². The van der Waals surface area contributed by atoms with Crippen molar-refractivity contribution in [3.63, 3.8) is 0 Å². The molecule has 0 radical (unpaired) electrons. The lowest BCUT2D eigenvalue weighted by Crippen LogP contribution is -1.93. The van der Waals surface area contributed by atoms with Crippen molar-refractivity contribution in [2.75, 3.05) is 7.11 Å². The fourth-order valence-corrected chi connectivity index (χ4v) is 2.07. The fourth-order valence-electron chi connectivity index (χ4n) is 2.07. The summed E-state index contributed by atoms with van der Waals surface area (Å²) in [7, 11) is 1.40. The first-order valence-electron chi connectivity index (χ1n) is 7.28. The van der Waals surface area contributed by atoms with Gasteiger partial charge in [-0.05, 0) is 36.6 Å². The summed E-state index contributed by atoms with van der Waals surface area (Å²) >= 11 is 0. The van der Waals surface area contributed by atoms with Crippen LogP contribution >= 0.6 is 0 Å². The van der Waals surface area contributed by atoms with Crippen LogP contribution in [0.25, 0.3) is 0 Å². The summed E-state index contributed by atoms with van der Waals surface area (Å²) in [5.41, 5.74) is 2.43. The van der Waals surface area contributed by atoms with Gasteiger partial charge in [-0.25, -0.2) is 8.78 Å². The number of hydrogen-bond donors (Lipinski definition) is 0. The molecule has 0 aliphatic heterocycles. The van der Waals surface area contributed by atoms with Crippen LogP contribution in [0.15, 0.2) is 36.4 Å². The number of rotatable bonds is 4. The summed E-state index contributed by atoms with van der Waals surface area (Å²) in [4.78, 5) is 0. The summed E-state index contributed by atoms with van der Waals surface area (Å²) in [6.45, 7) is 2.16. The number of unbranched alkanes of at least 4 members (excludes halogenated alkanes) is 1. The lowest BCUT2D eigenvalue weighted by atomic mass is 10.1. The number of aryl methyl sites for hydroxylation is 1. The van der Waals surface area contributed by atoms with Crippen LogP contribution in [0.5, 0.6) is 5.75 Å². The van der Waals surface area contributed by atoms with Crippen molar-refractivity contribution in [1.29, 1.82) is 0 Å². The summed E-state index contributed by atoms with van der Waals surface area (Å²) in [5.74, 6) is 4.13. The van der Waals surface area contributed by atoms with Crippen molar-refractivity contribution < 1.29 is 13.5 Å². The second kappa shape index (κ2) is 7.61. The van der Waals surface area contributed by atoms with E-state index in [-0.39, 0.29) is 5.75 Å². The highest BCUT2D eigenvalue weighted by molar-refractivity contribution is 5.50. The van der Waals surface area contributed by atoms with Gasteiger partial charge in [0, 0.05) is 11.6 Å². The second-order valence-electron chi connectivity index (χ2n) is 5.02. The molecular formula is C19H18F2O. The number of methoxy groups -OCH3 is 1. The Labute approximate surface area is 129 Å². The van der Waals surface area contributed by atoms with Crippen molar-refractivity contribution in [3.8, 4) is 17.6 Å². The van der Waals surface area contributed by atoms with Gasteiger partial charge in [0.05, 0.1) is 12.7 Å². The monoisotopic (exact) mass is 300 g/mol. The maximum absolute atomic E-state index is 13.3. The van der Waals surface area contributed by atoms with E-state index in [0.717, 1.165) is 37.0 Å². The van der Waals surface area contributed by atoms with Gasteiger partial charge in [0.2, 0.25) is 0 Å². The first kappa shape index (κ1) is 16.0. The molecule has 3 heteroatoms. The Morgan fingerprint density at radius 2 is 1.68 bits per heavy atom. The van der Waals surface area contributed by atoms with E-state index < -0.39 is 11.6 Å². The molecule has 2 rings (SSSR count). The van der Waals surface area contributed by atoms with Gasteiger partial charge in [-0.1, -0.05) is 37.3 Å². The summed E-state index contributed by atoms with van der Waals surface area (Å²) in [6, 6.07) is 10.0. The Balaban J connectivity index is 2.21. The molecule has 0 heterocycles. The molecule has 0 aliphatic rings. The zero-order valence-electron chi connectivity index (χ0n) is 12.7. The third-order valence-electron chi connectivity index (χ3n) is 3.36. The van der Waals surface area contributed by atoms with Crippen LogP contribution in [0, 0.1) is 23.5 Å². The SMILES string of the molecule is CCCCc1ccc(C#Cc2cc(F)c(F)cc2OC)cc1. The Bertz CT molecular complexity index is 694. The second-order valence-corrected chi connectivity index (χ2v) is 5.02. The van der Waals surface area contributed by atoms with E-state index in [9.17, 15) is 8.78 Å². The topological polar surface area (TPSA) is 9.23 Å². The number of hydrogen-bond acceptors (Lipinski definition) is 1. The standard InChI is InChI=1S/C19H18F2O/c1-3-4-5-14-6-8-15(9-7-14)10-11-16-12-17(20)18(21)13-19(16)22-2/h6-9,12-13H,3-5H2,1-2H3. The van der Waals surface area contributed by atoms with Crippen LogP contribution in [-0.2, 0) is 6.42 Å². The largest absolute Gasteiger partial charge is 0.495 e. The number of benzene rings is 2. The average molecular weight is 300 g/mol. The van der Waals surface area contributed by atoms with E-state index in [1.807, 2.05) is 24.3 Å². The van der Waals surface area contributed by atoms with E-state index in [1.165, 1.54) is 12.7 Å². The van der Waals surface area contributed by atoms with Crippen LogP contribution in [0.3, 0.4) is 0 Å². The smallest absolute Gasteiger partial charge is 0.162 e. The summed E-state index contributed by atoms with van der Waals surface area (Å²) in [5, 5.41) is 0. The summed E-state index contributed by atoms with van der Waals surface area (Å²) in [6.07, 6.45) is 3.38. The maximum Gasteiger partial charge on any atom is 0.162 e. The molecule has 0 spiro atoms. The average Bonchev–Trinajstić information content (AvgIpc) is 2.54. The molecule has 0 saturated carbocycles. The van der Waals surface area contributed by atoms with Crippen LogP contribution in [0.1, 0.15) is 36.5 Å². The molecule has 0 saturated heterocycles. The van der Waals surface area contributed by atoms with Gasteiger partial charge in [-0.2, -0.15) is 0 Å². The zero-order valence-corrected chi connectivity index (χ0v) is 12.7. The van der Waals surface area contributed by atoms with E-state index in [1.54, 1.807) is 0 Å². The van der Waals surface area contributed by atoms with Crippen LogP contribution in [0.2, 0.25) is 0 Å². The highest BCUT2D eigenvalue weighted by Crippen LogP contribution is 2.21. The van der Waals surface area contributed by atoms with E-state index in [2.05, 4.69) is 18.8 Å². The van der Waals surface area contributed by atoms with Crippen LogP contribution in [-0.4, -0.2) is 7.11 Å². The summed E-state index contributed by atoms with van der Waals surface area (Å²) < 4.78 is 31.5. The zero-order chi connectivity index (χ0) is 15.9. The molecule has 0 unspecified atom stereocenters. The highest BCUT2D eigenvalue weighted by atomic mass is 19.2. The maximum atomic E-state index is 13.3. The molecule has 0 aromatic heterocycles. The first-order valence-corrected chi connectivity index (χ1v) is 7.28.